The smallest absolute Gasteiger partial charge is 0.276 e. The fourth-order valence-electron chi connectivity index (χ4n) is 12.7. The van der Waals surface area contributed by atoms with E-state index in [1.807, 2.05) is 36.4 Å². The van der Waals surface area contributed by atoms with Crippen LogP contribution in [0.1, 0.15) is 96.6 Å². The molecule has 8 heterocycles. The predicted octanol–water partition coefficient (Wildman–Crippen LogP) is 6.17. The summed E-state index contributed by atoms with van der Waals surface area (Å²) in [6.45, 7) is 17.0. The molecule has 2 aromatic carbocycles. The van der Waals surface area contributed by atoms with Crippen LogP contribution >= 0.6 is 0 Å². The Morgan fingerprint density at radius 1 is 0.895 bits per heavy atom. The maximum absolute atomic E-state index is 14.1. The molecule has 11 rings (SSSR count). The Morgan fingerprint density at radius 3 is 2.49 bits per heavy atom. The van der Waals surface area contributed by atoms with Gasteiger partial charge >= 0.3 is 0 Å². The molecule has 19 heteroatoms. The summed E-state index contributed by atoms with van der Waals surface area (Å²) in [6.07, 6.45) is 8.83. The SMILES string of the molecule is C=CC(=O)Nc1cc(Nc2nc(-c3ccnc(N4CCn5c(cc6c5CC(C)(C)C6)C4=O)c3CO)cnc2OC)ccc1N1CCN(C2CCN(c3ccc4c(c3)CN(C3CCC(=O)N(C)C3=O)C4=O)[C@H](C)C2)C[C@@H]1C. The van der Waals surface area contributed by atoms with E-state index in [1.165, 1.54) is 31.5 Å². The lowest BCUT2D eigenvalue weighted by Gasteiger charge is -2.48. The standard InChI is InChI=1S/C57H66N12O7/c1-8-49(71)61-43-26-37(60-51-53(76-7)59-29-44(62-51)41-15-17-58-52(42(41)32-70)68-22-21-67-47(56(68)75)25-35-27-57(4,5)28-48(35)67)9-12-45(43)66-20-19-64(30-34(66)3)38-16-18-65(33(2)23-38)39-10-11-40-36(24-39)31-69(54(40)73)46-13-14-50(72)63(6)55(46)74/h8-12,15,17,24-26,29,33-34,38,46,70H,1,13-14,16,18-23,27-28,30-32H2,2-7H3,(H,60,62)(H,61,71)/t33-,34+,38?,46?/m1/s1. The molecule has 5 amide bonds. The molecule has 3 N–H and O–H groups in total. The van der Waals surface area contributed by atoms with Crippen LogP contribution in [-0.2, 0) is 46.9 Å². The number of nitrogens with one attached hydrogen (secondary N) is 2. The second-order valence-electron chi connectivity index (χ2n) is 22.0. The lowest BCUT2D eigenvalue weighted by molar-refractivity contribution is -0.150. The number of aromatic nitrogens is 4. The number of anilines is 6. The number of hydrogen-bond donors (Lipinski definition) is 3. The third-order valence-electron chi connectivity index (χ3n) is 16.6. The van der Waals surface area contributed by atoms with E-state index < -0.39 is 6.04 Å². The van der Waals surface area contributed by atoms with E-state index in [1.54, 1.807) is 28.3 Å². The first-order chi connectivity index (χ1) is 36.5. The van der Waals surface area contributed by atoms with Gasteiger partial charge in [-0.1, -0.05) is 20.4 Å². The van der Waals surface area contributed by atoms with Crippen molar-refractivity contribution in [3.05, 3.63) is 107 Å². The van der Waals surface area contributed by atoms with Crippen molar-refractivity contribution in [1.29, 1.82) is 0 Å². The average Bonchev–Trinajstić information content (AvgIpc) is 4.06. The molecular formula is C57H66N12O7. The van der Waals surface area contributed by atoms with Gasteiger partial charge in [0.1, 0.15) is 17.6 Å². The van der Waals surface area contributed by atoms with Gasteiger partial charge in [0, 0.05) is 117 Å². The summed E-state index contributed by atoms with van der Waals surface area (Å²) in [5, 5.41) is 17.3. The van der Waals surface area contributed by atoms with E-state index in [4.69, 9.17) is 9.72 Å². The third-order valence-corrected chi connectivity index (χ3v) is 16.6. The second kappa shape index (κ2) is 19.8. The van der Waals surface area contributed by atoms with Crippen molar-refractivity contribution in [3.8, 4) is 17.1 Å². The number of methoxy groups -OCH3 is 1. The number of likely N-dealkylation sites (N-methyl/N-ethyl adjacent to an activating group) is 1. The topological polar surface area (TPSA) is 202 Å². The molecule has 0 bridgehead atoms. The van der Waals surface area contributed by atoms with Gasteiger partial charge in [-0.15, -0.1) is 0 Å². The number of rotatable bonds is 12. The van der Waals surface area contributed by atoms with Crippen molar-refractivity contribution in [1.82, 2.24) is 34.2 Å². The van der Waals surface area contributed by atoms with E-state index in [-0.39, 0.29) is 65.9 Å². The van der Waals surface area contributed by atoms with Crippen LogP contribution in [0.3, 0.4) is 0 Å². The van der Waals surface area contributed by atoms with E-state index >= 15 is 0 Å². The van der Waals surface area contributed by atoms with Crippen molar-refractivity contribution in [2.45, 2.75) is 110 Å². The van der Waals surface area contributed by atoms with E-state index in [9.17, 15) is 29.1 Å². The fraction of sp³-hybridized carbons (Fsp3) is 0.439. The number of amides is 5. The van der Waals surface area contributed by atoms with Crippen LogP contribution < -0.4 is 30.1 Å². The quantitative estimate of drug-likeness (QED) is 0.0947. The van der Waals surface area contributed by atoms with E-state index in [0.29, 0.717) is 83.2 Å². The maximum atomic E-state index is 14.1. The molecule has 3 fully saturated rings. The fourth-order valence-corrected chi connectivity index (χ4v) is 12.7. The van der Waals surface area contributed by atoms with Gasteiger partial charge in [-0.3, -0.25) is 38.7 Å². The third kappa shape index (κ3) is 9.01. The summed E-state index contributed by atoms with van der Waals surface area (Å²) in [5.74, 6) is -0.274. The molecule has 76 heavy (non-hydrogen) atoms. The maximum Gasteiger partial charge on any atom is 0.276 e. The normalized spacial score (nSPS) is 22.4. The molecule has 0 spiro atoms. The Kier molecular flexibility index (Phi) is 13.2. The van der Waals surface area contributed by atoms with Crippen molar-refractivity contribution in [2.75, 3.05) is 72.2 Å². The van der Waals surface area contributed by atoms with Crippen LogP contribution in [0, 0.1) is 5.41 Å². The Hall–Kier alpha value is -7.64. The highest BCUT2D eigenvalue weighted by Crippen LogP contribution is 2.42. The van der Waals surface area contributed by atoms with Crippen LogP contribution in [0.4, 0.5) is 34.4 Å². The summed E-state index contributed by atoms with van der Waals surface area (Å²) in [4.78, 5) is 91.7. The molecule has 396 valence electrons. The Labute approximate surface area is 442 Å². The zero-order valence-electron chi connectivity index (χ0n) is 44.1. The van der Waals surface area contributed by atoms with E-state index in [2.05, 4.69) is 80.2 Å². The van der Waals surface area contributed by atoms with Gasteiger partial charge in [-0.05, 0) is 117 Å². The van der Waals surface area contributed by atoms with Crippen molar-refractivity contribution >= 4 is 63.9 Å². The lowest BCUT2D eigenvalue weighted by Crippen LogP contribution is -2.58. The number of carbonyl (C=O) groups is 5. The Bertz CT molecular complexity index is 3210. The molecule has 0 saturated carbocycles. The minimum Gasteiger partial charge on any atom is -0.478 e. The molecule has 5 aliphatic heterocycles. The zero-order chi connectivity index (χ0) is 53.3. The number of imide groups is 1. The number of aliphatic hydroxyl groups is 1. The molecule has 19 nitrogen and oxygen atoms in total. The number of piperidine rings is 2. The molecule has 1 aliphatic carbocycles. The van der Waals surface area contributed by atoms with Gasteiger partial charge in [0.25, 0.3) is 23.6 Å². The van der Waals surface area contributed by atoms with Gasteiger partial charge in [0.2, 0.25) is 11.8 Å². The number of fused-ring (bicyclic) bond motifs is 4. The van der Waals surface area contributed by atoms with Crippen LogP contribution in [0.5, 0.6) is 5.88 Å². The van der Waals surface area contributed by atoms with Gasteiger partial charge in [-0.25, -0.2) is 15.0 Å². The van der Waals surface area contributed by atoms with Crippen LogP contribution in [0.25, 0.3) is 11.3 Å². The van der Waals surface area contributed by atoms with Crippen LogP contribution in [0.2, 0.25) is 0 Å². The molecule has 3 saturated heterocycles. The van der Waals surface area contributed by atoms with Crippen LogP contribution in [-0.4, -0.2) is 140 Å². The van der Waals surface area contributed by atoms with Crippen molar-refractivity contribution in [2.24, 2.45) is 5.41 Å². The molecular weight excluding hydrogens is 965 g/mol. The van der Waals surface area contributed by atoms with Crippen molar-refractivity contribution < 1.29 is 33.8 Å². The first-order valence-electron chi connectivity index (χ1n) is 26.4. The molecule has 5 aromatic rings. The number of aliphatic hydroxyl groups excluding tert-OH is 1. The Balaban J connectivity index is 0.766. The monoisotopic (exact) mass is 1030 g/mol. The van der Waals surface area contributed by atoms with Gasteiger partial charge < -0.3 is 39.7 Å². The molecule has 4 atom stereocenters. The van der Waals surface area contributed by atoms with Crippen LogP contribution in [0.15, 0.2) is 73.6 Å². The van der Waals surface area contributed by atoms with Gasteiger partial charge in [0.15, 0.2) is 5.82 Å². The zero-order valence-corrected chi connectivity index (χ0v) is 44.1. The number of piperazine rings is 1. The largest absolute Gasteiger partial charge is 0.478 e. The first-order valence-corrected chi connectivity index (χ1v) is 26.4. The predicted molar refractivity (Wildman–Crippen MR) is 289 cm³/mol. The van der Waals surface area contributed by atoms with E-state index in [0.717, 1.165) is 73.7 Å². The number of benzene rings is 2. The molecule has 2 unspecified atom stereocenters. The summed E-state index contributed by atoms with van der Waals surface area (Å²) >= 11 is 0. The number of carbonyl (C=O) groups excluding carboxylic acids is 5. The number of ether oxygens (including phenoxy) is 1. The Morgan fingerprint density at radius 2 is 1.72 bits per heavy atom. The first kappa shape index (κ1) is 50.5. The second-order valence-corrected chi connectivity index (χ2v) is 22.0. The molecule has 0 radical (unpaired) electrons. The number of likely N-dealkylation sites (tertiary alicyclic amines) is 1. The average molecular weight is 1030 g/mol. The number of pyridine rings is 1. The minimum absolute atomic E-state index is 0.110. The summed E-state index contributed by atoms with van der Waals surface area (Å²) in [6, 6.07) is 15.7. The summed E-state index contributed by atoms with van der Waals surface area (Å²) in [5.41, 5.74) is 9.40. The summed E-state index contributed by atoms with van der Waals surface area (Å²) in [7, 11) is 3.00. The van der Waals surface area contributed by atoms with Gasteiger partial charge in [0.05, 0.1) is 37.0 Å². The highest BCUT2D eigenvalue weighted by atomic mass is 16.5. The lowest BCUT2D eigenvalue weighted by atomic mass is 9.90. The number of nitrogens with zero attached hydrogens (tertiary/aromatic N) is 10. The highest BCUT2D eigenvalue weighted by Gasteiger charge is 2.43. The highest BCUT2D eigenvalue weighted by molar-refractivity contribution is 6.07. The minimum atomic E-state index is -0.631. The molecule has 6 aliphatic rings. The molecule has 3 aromatic heterocycles. The summed E-state index contributed by atoms with van der Waals surface area (Å²) < 4.78 is 7.83. The van der Waals surface area contributed by atoms with Crippen molar-refractivity contribution in [3.63, 3.8) is 0 Å². The number of hydrogen-bond acceptors (Lipinski definition) is 14. The van der Waals surface area contributed by atoms with Gasteiger partial charge in [-0.2, -0.15) is 0 Å².